The number of nitrogens with zero attached hydrogens (tertiary/aromatic N) is 1. The predicted octanol–water partition coefficient (Wildman–Crippen LogP) is 2.38. The molecule has 1 N–H and O–H groups in total. The van der Waals surface area contributed by atoms with Crippen molar-refractivity contribution in [2.45, 2.75) is 33.3 Å². The normalized spacial score (nSPS) is 24.4. The van der Waals surface area contributed by atoms with Gasteiger partial charge in [-0.3, -0.25) is 4.90 Å². The van der Waals surface area contributed by atoms with Crippen molar-refractivity contribution in [1.82, 2.24) is 4.90 Å². The van der Waals surface area contributed by atoms with Gasteiger partial charge >= 0.3 is 0 Å². The van der Waals surface area contributed by atoms with Gasteiger partial charge in [0.25, 0.3) is 0 Å². The molecule has 3 heteroatoms. The van der Waals surface area contributed by atoms with E-state index in [1.54, 1.807) is 0 Å². The number of piperidine rings is 1. The standard InChI is InChI=1S/C16H25NO2/c1-12-4-5-13(2)16(10-12)19-9-8-17-7-6-15(18)14(3)11-17/h4-5,10,14-15,18H,6-9,11H2,1-3H3. The summed E-state index contributed by atoms with van der Waals surface area (Å²) in [6.45, 7) is 9.87. The van der Waals surface area contributed by atoms with Crippen molar-refractivity contribution >= 4 is 0 Å². The summed E-state index contributed by atoms with van der Waals surface area (Å²) in [6.07, 6.45) is 0.751. The fourth-order valence-electron chi connectivity index (χ4n) is 2.57. The van der Waals surface area contributed by atoms with Gasteiger partial charge in [-0.05, 0) is 43.4 Å². The third-order valence-corrected chi connectivity index (χ3v) is 3.95. The number of benzene rings is 1. The molecule has 2 unspecified atom stereocenters. The van der Waals surface area contributed by atoms with Crippen LogP contribution in [0.4, 0.5) is 0 Å². The highest BCUT2D eigenvalue weighted by Gasteiger charge is 2.23. The molecule has 0 amide bonds. The first-order valence-corrected chi connectivity index (χ1v) is 7.16. The van der Waals surface area contributed by atoms with Gasteiger partial charge in [0.05, 0.1) is 6.10 Å². The first-order chi connectivity index (χ1) is 9.06. The molecule has 1 aliphatic heterocycles. The first-order valence-electron chi connectivity index (χ1n) is 7.16. The maximum Gasteiger partial charge on any atom is 0.122 e. The number of aliphatic hydroxyl groups excluding tert-OH is 1. The molecule has 3 nitrogen and oxygen atoms in total. The molecule has 0 aliphatic carbocycles. The molecule has 1 fully saturated rings. The Labute approximate surface area is 116 Å². The molecule has 1 aromatic rings. The van der Waals surface area contributed by atoms with Crippen molar-refractivity contribution in [2.24, 2.45) is 5.92 Å². The maximum atomic E-state index is 9.71. The topological polar surface area (TPSA) is 32.7 Å². The Morgan fingerprint density at radius 3 is 2.89 bits per heavy atom. The Bertz CT molecular complexity index is 419. The van der Waals surface area contributed by atoms with Gasteiger partial charge in [-0.1, -0.05) is 19.1 Å². The van der Waals surface area contributed by atoms with Crippen molar-refractivity contribution in [3.8, 4) is 5.75 Å². The highest BCUT2D eigenvalue weighted by atomic mass is 16.5. The lowest BCUT2D eigenvalue weighted by Crippen LogP contribution is -2.43. The highest BCUT2D eigenvalue weighted by Crippen LogP contribution is 2.20. The lowest BCUT2D eigenvalue weighted by Gasteiger charge is -2.34. The van der Waals surface area contributed by atoms with E-state index in [9.17, 15) is 5.11 Å². The number of hydrogen-bond donors (Lipinski definition) is 1. The van der Waals surface area contributed by atoms with Gasteiger partial charge in [-0.2, -0.15) is 0 Å². The van der Waals surface area contributed by atoms with E-state index >= 15 is 0 Å². The molecule has 106 valence electrons. The summed E-state index contributed by atoms with van der Waals surface area (Å²) < 4.78 is 5.88. The molecule has 1 saturated heterocycles. The van der Waals surface area contributed by atoms with E-state index in [1.165, 1.54) is 11.1 Å². The minimum atomic E-state index is -0.129. The molecule has 0 radical (unpaired) electrons. The number of likely N-dealkylation sites (tertiary alicyclic amines) is 1. The van der Waals surface area contributed by atoms with Crippen LogP contribution in [-0.2, 0) is 0 Å². The van der Waals surface area contributed by atoms with Crippen LogP contribution in [0, 0.1) is 19.8 Å². The van der Waals surface area contributed by atoms with Crippen LogP contribution in [0.5, 0.6) is 5.75 Å². The molecule has 19 heavy (non-hydrogen) atoms. The maximum absolute atomic E-state index is 9.71. The van der Waals surface area contributed by atoms with Crippen LogP contribution < -0.4 is 4.74 Å². The summed E-state index contributed by atoms with van der Waals surface area (Å²) in [5, 5.41) is 9.71. The van der Waals surface area contributed by atoms with Crippen LogP contribution in [0.2, 0.25) is 0 Å². The first kappa shape index (κ1) is 14.4. The second kappa shape index (κ2) is 6.40. The van der Waals surface area contributed by atoms with E-state index in [2.05, 4.69) is 43.9 Å². The van der Waals surface area contributed by atoms with Crippen LogP contribution in [0.15, 0.2) is 18.2 Å². The molecule has 1 aromatic carbocycles. The van der Waals surface area contributed by atoms with Crippen molar-refractivity contribution in [2.75, 3.05) is 26.2 Å². The Balaban J connectivity index is 1.79. The molecule has 1 heterocycles. The van der Waals surface area contributed by atoms with Gasteiger partial charge in [-0.25, -0.2) is 0 Å². The van der Waals surface area contributed by atoms with Gasteiger partial charge < -0.3 is 9.84 Å². The van der Waals surface area contributed by atoms with Gasteiger partial charge in [0.1, 0.15) is 12.4 Å². The van der Waals surface area contributed by atoms with Gasteiger partial charge in [0, 0.05) is 19.6 Å². The number of ether oxygens (including phenoxy) is 1. The summed E-state index contributed by atoms with van der Waals surface area (Å²) in [6, 6.07) is 6.30. The van der Waals surface area contributed by atoms with Crippen molar-refractivity contribution in [3.63, 3.8) is 0 Å². The van der Waals surface area contributed by atoms with E-state index in [4.69, 9.17) is 4.74 Å². The smallest absolute Gasteiger partial charge is 0.122 e. The molecule has 2 atom stereocenters. The van der Waals surface area contributed by atoms with Gasteiger partial charge in [0.2, 0.25) is 0 Å². The highest BCUT2D eigenvalue weighted by molar-refractivity contribution is 5.35. The minimum Gasteiger partial charge on any atom is -0.492 e. The number of rotatable bonds is 4. The van der Waals surface area contributed by atoms with Crippen molar-refractivity contribution in [1.29, 1.82) is 0 Å². The fraction of sp³-hybridized carbons (Fsp3) is 0.625. The second-order valence-corrected chi connectivity index (χ2v) is 5.75. The number of aryl methyl sites for hydroxylation is 2. The van der Waals surface area contributed by atoms with E-state index in [0.29, 0.717) is 12.5 Å². The molecular weight excluding hydrogens is 238 g/mol. The second-order valence-electron chi connectivity index (χ2n) is 5.75. The van der Waals surface area contributed by atoms with E-state index in [0.717, 1.165) is 31.8 Å². The van der Waals surface area contributed by atoms with Gasteiger partial charge in [-0.15, -0.1) is 0 Å². The lowest BCUT2D eigenvalue weighted by atomic mass is 9.97. The minimum absolute atomic E-state index is 0.129. The quantitative estimate of drug-likeness (QED) is 0.905. The fourth-order valence-corrected chi connectivity index (χ4v) is 2.57. The Morgan fingerprint density at radius 1 is 1.37 bits per heavy atom. The summed E-state index contributed by atoms with van der Waals surface area (Å²) in [7, 11) is 0. The van der Waals surface area contributed by atoms with E-state index in [1.807, 2.05) is 0 Å². The Kier molecular flexibility index (Phi) is 4.83. The zero-order chi connectivity index (χ0) is 13.8. The average Bonchev–Trinajstić information content (AvgIpc) is 2.38. The van der Waals surface area contributed by atoms with Crippen LogP contribution in [0.25, 0.3) is 0 Å². The van der Waals surface area contributed by atoms with E-state index in [-0.39, 0.29) is 6.10 Å². The molecule has 0 bridgehead atoms. The average molecular weight is 263 g/mol. The third-order valence-electron chi connectivity index (χ3n) is 3.95. The zero-order valence-electron chi connectivity index (χ0n) is 12.2. The predicted molar refractivity (Wildman–Crippen MR) is 77.6 cm³/mol. The molecule has 2 rings (SSSR count). The molecule has 0 aromatic heterocycles. The largest absolute Gasteiger partial charge is 0.492 e. The molecule has 0 spiro atoms. The van der Waals surface area contributed by atoms with Crippen LogP contribution >= 0.6 is 0 Å². The van der Waals surface area contributed by atoms with Crippen LogP contribution in [0.3, 0.4) is 0 Å². The summed E-state index contributed by atoms with van der Waals surface area (Å²) in [4.78, 5) is 2.38. The lowest BCUT2D eigenvalue weighted by molar-refractivity contribution is 0.0304. The third kappa shape index (κ3) is 3.95. The molecule has 1 aliphatic rings. The van der Waals surface area contributed by atoms with Crippen LogP contribution in [0.1, 0.15) is 24.5 Å². The summed E-state index contributed by atoms with van der Waals surface area (Å²) in [5.41, 5.74) is 2.42. The van der Waals surface area contributed by atoms with Crippen molar-refractivity contribution in [3.05, 3.63) is 29.3 Å². The van der Waals surface area contributed by atoms with E-state index < -0.39 is 0 Å². The van der Waals surface area contributed by atoms with Gasteiger partial charge in [0.15, 0.2) is 0 Å². The Morgan fingerprint density at radius 2 is 2.16 bits per heavy atom. The molecule has 0 saturated carbocycles. The summed E-state index contributed by atoms with van der Waals surface area (Å²) >= 11 is 0. The monoisotopic (exact) mass is 263 g/mol. The zero-order valence-corrected chi connectivity index (χ0v) is 12.2. The van der Waals surface area contributed by atoms with Crippen LogP contribution in [-0.4, -0.2) is 42.4 Å². The number of hydrogen-bond acceptors (Lipinski definition) is 3. The SMILES string of the molecule is Cc1ccc(C)c(OCCN2CCC(O)C(C)C2)c1. The molecular formula is C16H25NO2. The number of aliphatic hydroxyl groups is 1. The van der Waals surface area contributed by atoms with Crippen molar-refractivity contribution < 1.29 is 9.84 Å². The Hall–Kier alpha value is -1.06. The summed E-state index contributed by atoms with van der Waals surface area (Å²) in [5.74, 6) is 1.36.